The number of thiophene rings is 1. The first kappa shape index (κ1) is 14.4. The molecule has 0 fully saturated rings. The van der Waals surface area contributed by atoms with Crippen LogP contribution in [0.15, 0.2) is 41.1 Å². The summed E-state index contributed by atoms with van der Waals surface area (Å²) >= 11 is 7.87. The fraction of sp³-hybridized carbons (Fsp3) is 0.375. The first-order valence-corrected chi connectivity index (χ1v) is 8.00. The lowest BCUT2D eigenvalue weighted by Crippen LogP contribution is -2.08. The lowest BCUT2D eigenvalue weighted by atomic mass is 9.94. The van der Waals surface area contributed by atoms with Crippen LogP contribution in [0.25, 0.3) is 0 Å². The number of halogens is 1. The average molecular weight is 295 g/mol. The van der Waals surface area contributed by atoms with Gasteiger partial charge < -0.3 is 4.74 Å². The summed E-state index contributed by atoms with van der Waals surface area (Å²) in [5, 5.41) is 4.35. The van der Waals surface area contributed by atoms with Crippen LogP contribution in [0.5, 0.6) is 5.75 Å². The Kier molecular flexibility index (Phi) is 5.74. The van der Waals surface area contributed by atoms with Crippen LogP contribution in [0.4, 0.5) is 0 Å². The molecule has 0 saturated heterocycles. The van der Waals surface area contributed by atoms with Gasteiger partial charge in [-0.2, -0.15) is 11.3 Å². The van der Waals surface area contributed by atoms with Gasteiger partial charge in [-0.1, -0.05) is 18.2 Å². The zero-order valence-corrected chi connectivity index (χ0v) is 12.7. The summed E-state index contributed by atoms with van der Waals surface area (Å²) in [6.07, 6.45) is 3.21. The minimum absolute atomic E-state index is 0.498. The molecule has 1 unspecified atom stereocenters. The topological polar surface area (TPSA) is 9.23 Å². The van der Waals surface area contributed by atoms with Crippen molar-refractivity contribution in [2.45, 2.75) is 19.3 Å². The molecule has 0 aliphatic heterocycles. The number of alkyl halides is 1. The molecule has 0 aliphatic carbocycles. The second-order valence-electron chi connectivity index (χ2n) is 4.71. The predicted molar refractivity (Wildman–Crippen MR) is 83.5 cm³/mol. The fourth-order valence-corrected chi connectivity index (χ4v) is 3.19. The van der Waals surface area contributed by atoms with Crippen molar-refractivity contribution in [3.8, 4) is 5.75 Å². The minimum atomic E-state index is 0.498. The maximum atomic E-state index is 6.11. The molecule has 0 bridgehead atoms. The smallest absolute Gasteiger partial charge is 0.122 e. The molecule has 19 heavy (non-hydrogen) atoms. The molecule has 2 rings (SSSR count). The van der Waals surface area contributed by atoms with E-state index in [1.165, 1.54) is 11.1 Å². The van der Waals surface area contributed by atoms with Gasteiger partial charge in [-0.3, -0.25) is 0 Å². The van der Waals surface area contributed by atoms with Crippen LogP contribution >= 0.6 is 22.9 Å². The van der Waals surface area contributed by atoms with Crippen LogP contribution < -0.4 is 4.74 Å². The van der Waals surface area contributed by atoms with E-state index in [9.17, 15) is 0 Å². The van der Waals surface area contributed by atoms with Gasteiger partial charge in [-0.05, 0) is 59.2 Å². The summed E-state index contributed by atoms with van der Waals surface area (Å²) < 4.78 is 5.40. The number of methoxy groups -OCH3 is 1. The van der Waals surface area contributed by atoms with E-state index < -0.39 is 0 Å². The first-order valence-electron chi connectivity index (χ1n) is 6.52. The van der Waals surface area contributed by atoms with E-state index in [1.807, 2.05) is 12.1 Å². The molecule has 102 valence electrons. The number of para-hydroxylation sites is 1. The Hall–Kier alpha value is -0.990. The highest BCUT2D eigenvalue weighted by molar-refractivity contribution is 7.07. The fourth-order valence-electron chi connectivity index (χ4n) is 2.22. The first-order chi connectivity index (χ1) is 9.33. The number of hydrogen-bond donors (Lipinski definition) is 0. The molecule has 1 heterocycles. The molecule has 2 aromatic rings. The number of ether oxygens (including phenoxy) is 1. The number of benzene rings is 1. The Balaban J connectivity index is 1.94. The third kappa shape index (κ3) is 4.26. The van der Waals surface area contributed by atoms with E-state index in [0.29, 0.717) is 11.8 Å². The second kappa shape index (κ2) is 7.56. The summed E-state index contributed by atoms with van der Waals surface area (Å²) in [7, 11) is 1.72. The SMILES string of the molecule is COc1ccccc1CC(CCl)CCc1ccsc1. The molecule has 0 aliphatic rings. The standard InChI is InChI=1S/C16H19ClOS/c1-18-16-5-3-2-4-15(16)10-14(11-17)7-6-13-8-9-19-12-13/h2-5,8-9,12,14H,6-7,10-11H2,1H3. The molecule has 1 aromatic heterocycles. The van der Waals surface area contributed by atoms with Crippen LogP contribution in [-0.4, -0.2) is 13.0 Å². The molecule has 0 amide bonds. The Labute approximate surface area is 124 Å². The number of hydrogen-bond acceptors (Lipinski definition) is 2. The third-order valence-electron chi connectivity index (χ3n) is 3.34. The Morgan fingerprint density at radius 3 is 2.79 bits per heavy atom. The maximum absolute atomic E-state index is 6.11. The quantitative estimate of drug-likeness (QED) is 0.667. The predicted octanol–water partition coefficient (Wildman–Crippen LogP) is 4.79. The Bertz CT molecular complexity index is 481. The maximum Gasteiger partial charge on any atom is 0.122 e. The highest BCUT2D eigenvalue weighted by atomic mass is 35.5. The zero-order chi connectivity index (χ0) is 13.5. The average Bonchev–Trinajstić information content (AvgIpc) is 2.97. The van der Waals surface area contributed by atoms with Crippen molar-refractivity contribution < 1.29 is 4.74 Å². The lowest BCUT2D eigenvalue weighted by Gasteiger charge is -2.15. The van der Waals surface area contributed by atoms with Gasteiger partial charge in [-0.15, -0.1) is 11.6 Å². The normalized spacial score (nSPS) is 12.3. The minimum Gasteiger partial charge on any atom is -0.496 e. The van der Waals surface area contributed by atoms with Crippen molar-refractivity contribution in [2.75, 3.05) is 13.0 Å². The van der Waals surface area contributed by atoms with Gasteiger partial charge in [0.2, 0.25) is 0 Å². The summed E-state index contributed by atoms with van der Waals surface area (Å²) in [5.41, 5.74) is 2.67. The monoisotopic (exact) mass is 294 g/mol. The van der Waals surface area contributed by atoms with Crippen molar-refractivity contribution in [1.29, 1.82) is 0 Å². The lowest BCUT2D eigenvalue weighted by molar-refractivity contribution is 0.404. The molecule has 0 saturated carbocycles. The van der Waals surface area contributed by atoms with Crippen LogP contribution in [-0.2, 0) is 12.8 Å². The molecule has 1 aromatic carbocycles. The van der Waals surface area contributed by atoms with Crippen molar-refractivity contribution >= 4 is 22.9 Å². The molecule has 1 nitrogen and oxygen atoms in total. The highest BCUT2D eigenvalue weighted by Gasteiger charge is 2.12. The molecule has 0 spiro atoms. The summed E-state index contributed by atoms with van der Waals surface area (Å²) in [6.45, 7) is 0. The third-order valence-corrected chi connectivity index (χ3v) is 4.51. The van der Waals surface area contributed by atoms with Crippen molar-refractivity contribution in [3.63, 3.8) is 0 Å². The van der Waals surface area contributed by atoms with E-state index in [2.05, 4.69) is 29.0 Å². The van der Waals surface area contributed by atoms with Gasteiger partial charge in [0.1, 0.15) is 5.75 Å². The summed E-state index contributed by atoms with van der Waals surface area (Å²) in [4.78, 5) is 0. The highest BCUT2D eigenvalue weighted by Crippen LogP contribution is 2.24. The van der Waals surface area contributed by atoms with Gasteiger partial charge in [0.15, 0.2) is 0 Å². The van der Waals surface area contributed by atoms with E-state index in [1.54, 1.807) is 18.4 Å². The molecular weight excluding hydrogens is 276 g/mol. The van der Waals surface area contributed by atoms with Gasteiger partial charge in [-0.25, -0.2) is 0 Å². The van der Waals surface area contributed by atoms with Gasteiger partial charge in [0.05, 0.1) is 7.11 Å². The van der Waals surface area contributed by atoms with Gasteiger partial charge >= 0.3 is 0 Å². The van der Waals surface area contributed by atoms with E-state index in [0.717, 1.165) is 25.0 Å². The van der Waals surface area contributed by atoms with E-state index >= 15 is 0 Å². The number of rotatable bonds is 7. The zero-order valence-electron chi connectivity index (χ0n) is 11.1. The molecule has 3 heteroatoms. The Morgan fingerprint density at radius 2 is 2.11 bits per heavy atom. The van der Waals surface area contributed by atoms with Crippen molar-refractivity contribution in [3.05, 3.63) is 52.2 Å². The van der Waals surface area contributed by atoms with Crippen LogP contribution in [0.1, 0.15) is 17.5 Å². The Morgan fingerprint density at radius 1 is 1.26 bits per heavy atom. The van der Waals surface area contributed by atoms with Crippen LogP contribution in [0.3, 0.4) is 0 Å². The summed E-state index contributed by atoms with van der Waals surface area (Å²) in [6, 6.07) is 10.4. The molecular formula is C16H19ClOS. The largest absolute Gasteiger partial charge is 0.496 e. The molecule has 0 N–H and O–H groups in total. The van der Waals surface area contributed by atoms with Gasteiger partial charge in [0, 0.05) is 5.88 Å². The van der Waals surface area contributed by atoms with E-state index in [4.69, 9.17) is 16.3 Å². The molecule has 0 radical (unpaired) electrons. The van der Waals surface area contributed by atoms with Crippen LogP contribution in [0.2, 0.25) is 0 Å². The van der Waals surface area contributed by atoms with Crippen molar-refractivity contribution in [2.24, 2.45) is 5.92 Å². The van der Waals surface area contributed by atoms with Gasteiger partial charge in [0.25, 0.3) is 0 Å². The van der Waals surface area contributed by atoms with Crippen molar-refractivity contribution in [1.82, 2.24) is 0 Å². The number of aryl methyl sites for hydroxylation is 1. The van der Waals surface area contributed by atoms with Crippen LogP contribution in [0, 0.1) is 5.92 Å². The second-order valence-corrected chi connectivity index (χ2v) is 5.80. The summed E-state index contributed by atoms with van der Waals surface area (Å²) in [5.74, 6) is 2.16. The van der Waals surface area contributed by atoms with E-state index in [-0.39, 0.29) is 0 Å². The molecule has 1 atom stereocenters.